The molecule has 2 heterocycles. The Labute approximate surface area is 160 Å². The normalized spacial score (nSPS) is 15.6. The molecule has 28 heavy (non-hydrogen) atoms. The molecule has 7 nitrogen and oxygen atoms in total. The molecule has 0 fully saturated rings. The van der Waals surface area contributed by atoms with Crippen LogP contribution in [0.25, 0.3) is 5.69 Å². The monoisotopic (exact) mass is 378 g/mol. The second-order valence-corrected chi connectivity index (χ2v) is 6.55. The van der Waals surface area contributed by atoms with E-state index in [2.05, 4.69) is 5.32 Å². The lowest BCUT2D eigenvalue weighted by atomic mass is 9.88. The molecule has 3 aromatic rings. The average molecular weight is 378 g/mol. The maximum atomic E-state index is 12.4. The van der Waals surface area contributed by atoms with E-state index >= 15 is 0 Å². The van der Waals surface area contributed by atoms with Crippen LogP contribution in [0.15, 0.2) is 54.7 Å². The van der Waals surface area contributed by atoms with Crippen LogP contribution < -0.4 is 10.1 Å². The molecule has 0 spiro atoms. The molecule has 1 aliphatic heterocycles. The predicted molar refractivity (Wildman–Crippen MR) is 102 cm³/mol. The van der Waals surface area contributed by atoms with Crippen molar-refractivity contribution in [2.75, 3.05) is 12.4 Å². The molecule has 3 N–H and O–H groups in total. The molecule has 7 heteroatoms. The number of ether oxygens (including phenoxy) is 1. The number of aromatic nitrogens is 1. The van der Waals surface area contributed by atoms with Gasteiger partial charge in [0.2, 0.25) is 5.91 Å². The molecule has 1 unspecified atom stereocenters. The third kappa shape index (κ3) is 2.87. The average Bonchev–Trinajstić information content (AvgIpc) is 3.08. The summed E-state index contributed by atoms with van der Waals surface area (Å²) in [5, 5.41) is 22.3. The minimum atomic E-state index is -1.12. The number of rotatable bonds is 4. The van der Waals surface area contributed by atoms with Gasteiger partial charge < -0.3 is 24.8 Å². The van der Waals surface area contributed by atoms with Gasteiger partial charge in [-0.25, -0.2) is 4.79 Å². The number of phenols is 1. The number of amides is 1. The van der Waals surface area contributed by atoms with Gasteiger partial charge in [-0.15, -0.1) is 0 Å². The van der Waals surface area contributed by atoms with Gasteiger partial charge in [-0.05, 0) is 29.8 Å². The Balaban J connectivity index is 1.96. The number of anilines is 1. The highest BCUT2D eigenvalue weighted by Gasteiger charge is 2.34. The fraction of sp³-hybridized carbons (Fsp3) is 0.143. The van der Waals surface area contributed by atoms with Gasteiger partial charge in [0.15, 0.2) is 11.5 Å². The number of hydrogen-bond acceptors (Lipinski definition) is 4. The zero-order valence-electron chi connectivity index (χ0n) is 15.0. The van der Waals surface area contributed by atoms with Crippen LogP contribution in [-0.4, -0.2) is 33.8 Å². The van der Waals surface area contributed by atoms with Crippen molar-refractivity contribution in [2.24, 2.45) is 0 Å². The first-order valence-electron chi connectivity index (χ1n) is 8.70. The maximum absolute atomic E-state index is 12.4. The summed E-state index contributed by atoms with van der Waals surface area (Å²) < 4.78 is 6.99. The lowest BCUT2D eigenvalue weighted by Gasteiger charge is -2.26. The Morgan fingerprint density at radius 2 is 1.96 bits per heavy atom. The molecule has 0 aliphatic carbocycles. The SMILES string of the molecule is COc1cc(C2CC(=O)Nc3c(C(=O)O)cn(-c4ccccc4)c32)ccc1O. The van der Waals surface area contributed by atoms with E-state index in [-0.39, 0.29) is 23.6 Å². The van der Waals surface area contributed by atoms with Crippen molar-refractivity contribution in [1.29, 1.82) is 0 Å². The quantitative estimate of drug-likeness (QED) is 0.646. The van der Waals surface area contributed by atoms with E-state index in [1.54, 1.807) is 16.7 Å². The predicted octanol–water partition coefficient (Wildman–Crippen LogP) is 3.36. The topological polar surface area (TPSA) is 101 Å². The molecule has 4 rings (SSSR count). The number of carbonyl (C=O) groups excluding carboxylic acids is 1. The van der Waals surface area contributed by atoms with Crippen LogP contribution in [0.1, 0.15) is 34.0 Å². The van der Waals surface area contributed by atoms with Gasteiger partial charge in [-0.2, -0.15) is 0 Å². The Kier molecular flexibility index (Phi) is 4.27. The van der Waals surface area contributed by atoms with Gasteiger partial charge in [0.1, 0.15) is 5.56 Å². The first kappa shape index (κ1) is 17.7. The molecular formula is C21H18N2O5. The van der Waals surface area contributed by atoms with E-state index < -0.39 is 11.9 Å². The van der Waals surface area contributed by atoms with Gasteiger partial charge in [0.05, 0.1) is 18.5 Å². The van der Waals surface area contributed by atoms with Crippen LogP contribution in [0.3, 0.4) is 0 Å². The fourth-order valence-electron chi connectivity index (χ4n) is 3.62. The Morgan fingerprint density at radius 3 is 2.64 bits per heavy atom. The zero-order valence-corrected chi connectivity index (χ0v) is 15.0. The number of phenolic OH excluding ortho intramolecular Hbond substituents is 1. The van der Waals surface area contributed by atoms with Crippen LogP contribution in [0.2, 0.25) is 0 Å². The fourth-order valence-corrected chi connectivity index (χ4v) is 3.62. The van der Waals surface area contributed by atoms with Crippen molar-refractivity contribution < 1.29 is 24.5 Å². The summed E-state index contributed by atoms with van der Waals surface area (Å²) >= 11 is 0. The second kappa shape index (κ2) is 6.77. The second-order valence-electron chi connectivity index (χ2n) is 6.55. The van der Waals surface area contributed by atoms with E-state index in [4.69, 9.17) is 4.74 Å². The zero-order chi connectivity index (χ0) is 19.8. The number of nitrogens with one attached hydrogen (secondary N) is 1. The van der Waals surface area contributed by atoms with Crippen molar-refractivity contribution in [2.45, 2.75) is 12.3 Å². The van der Waals surface area contributed by atoms with Crippen molar-refractivity contribution in [3.8, 4) is 17.2 Å². The minimum absolute atomic E-state index is 0.00333. The number of carboxylic acids is 1. The van der Waals surface area contributed by atoms with Gasteiger partial charge >= 0.3 is 5.97 Å². The molecule has 0 radical (unpaired) electrons. The van der Waals surface area contributed by atoms with Crippen molar-refractivity contribution in [1.82, 2.24) is 4.57 Å². The Morgan fingerprint density at radius 1 is 1.21 bits per heavy atom. The summed E-state index contributed by atoms with van der Waals surface area (Å²) in [5.74, 6) is -1.49. The number of methoxy groups -OCH3 is 1. The highest BCUT2D eigenvalue weighted by Crippen LogP contribution is 2.43. The summed E-state index contributed by atoms with van der Waals surface area (Å²) in [7, 11) is 1.45. The van der Waals surface area contributed by atoms with Crippen molar-refractivity contribution >= 4 is 17.6 Å². The number of hydrogen-bond donors (Lipinski definition) is 3. The number of benzene rings is 2. The highest BCUT2D eigenvalue weighted by molar-refractivity contribution is 6.04. The van der Waals surface area contributed by atoms with Gasteiger partial charge in [0, 0.05) is 24.2 Å². The first-order valence-corrected chi connectivity index (χ1v) is 8.70. The Hall–Kier alpha value is -3.74. The molecule has 1 aromatic heterocycles. The van der Waals surface area contributed by atoms with Crippen LogP contribution in [0.4, 0.5) is 5.69 Å². The summed E-state index contributed by atoms with van der Waals surface area (Å²) in [6, 6.07) is 14.2. The number of nitrogens with zero attached hydrogens (tertiary/aromatic N) is 1. The number of fused-ring (bicyclic) bond motifs is 1. The van der Waals surface area contributed by atoms with Gasteiger partial charge in [-0.3, -0.25) is 4.79 Å². The number of aromatic hydroxyl groups is 1. The summed E-state index contributed by atoms with van der Waals surface area (Å²) in [6.45, 7) is 0. The van der Waals surface area contributed by atoms with Gasteiger partial charge in [0.25, 0.3) is 0 Å². The number of carbonyl (C=O) groups is 2. The smallest absolute Gasteiger partial charge is 0.339 e. The lowest BCUT2D eigenvalue weighted by molar-refractivity contribution is -0.116. The molecule has 142 valence electrons. The van der Waals surface area contributed by atoms with Crippen LogP contribution in [-0.2, 0) is 4.79 Å². The molecule has 1 aliphatic rings. The largest absolute Gasteiger partial charge is 0.504 e. The van der Waals surface area contributed by atoms with E-state index in [0.717, 1.165) is 11.3 Å². The molecule has 1 atom stereocenters. The lowest BCUT2D eigenvalue weighted by Crippen LogP contribution is -2.25. The van der Waals surface area contributed by atoms with Crippen LogP contribution >= 0.6 is 0 Å². The van der Waals surface area contributed by atoms with E-state index in [1.165, 1.54) is 19.4 Å². The Bertz CT molecular complexity index is 1070. The first-order chi connectivity index (χ1) is 13.5. The standard InChI is InChI=1S/C21H18N2O5/c1-28-17-9-12(7-8-16(17)24)14-10-18(25)22-19-15(21(26)27)11-23(20(14)19)13-5-3-2-4-6-13/h2-9,11,14,24H,10H2,1H3,(H,22,25)(H,26,27). The minimum Gasteiger partial charge on any atom is -0.504 e. The third-order valence-electron chi connectivity index (χ3n) is 4.90. The summed E-state index contributed by atoms with van der Waals surface area (Å²) in [6.07, 6.45) is 1.68. The number of carboxylic acid groups (broad SMARTS) is 1. The van der Waals surface area contributed by atoms with E-state index in [0.29, 0.717) is 17.1 Å². The molecule has 1 amide bonds. The summed E-state index contributed by atoms with van der Waals surface area (Å²) in [5.41, 5.74) is 2.54. The molecule has 2 aromatic carbocycles. The van der Waals surface area contributed by atoms with E-state index in [9.17, 15) is 19.8 Å². The van der Waals surface area contributed by atoms with Crippen LogP contribution in [0, 0.1) is 0 Å². The summed E-state index contributed by atoms with van der Waals surface area (Å²) in [4.78, 5) is 24.2. The molecule has 0 saturated carbocycles. The van der Waals surface area contributed by atoms with Crippen molar-refractivity contribution in [3.63, 3.8) is 0 Å². The third-order valence-corrected chi connectivity index (χ3v) is 4.90. The number of para-hydroxylation sites is 1. The maximum Gasteiger partial charge on any atom is 0.339 e. The highest BCUT2D eigenvalue weighted by atomic mass is 16.5. The van der Waals surface area contributed by atoms with E-state index in [1.807, 2.05) is 30.3 Å². The van der Waals surface area contributed by atoms with Gasteiger partial charge in [-0.1, -0.05) is 24.3 Å². The molecular weight excluding hydrogens is 360 g/mol. The molecule has 0 saturated heterocycles. The van der Waals surface area contributed by atoms with Crippen LogP contribution in [0.5, 0.6) is 11.5 Å². The number of aromatic carboxylic acids is 1. The van der Waals surface area contributed by atoms with Crippen molar-refractivity contribution in [3.05, 3.63) is 71.5 Å². The molecule has 0 bridgehead atoms.